The second-order valence-corrected chi connectivity index (χ2v) is 14.1. The molecule has 5 heteroatoms. The largest absolute Gasteiger partial charge is 0.309 e. The van der Waals surface area contributed by atoms with Crippen molar-refractivity contribution < 1.29 is 0 Å². The van der Waals surface area contributed by atoms with Crippen molar-refractivity contribution in [2.75, 3.05) is 0 Å². The number of benzene rings is 8. The summed E-state index contributed by atoms with van der Waals surface area (Å²) < 4.78 is 4.61. The van der Waals surface area contributed by atoms with Crippen molar-refractivity contribution in [2.45, 2.75) is 0 Å². The Bertz CT molecular complexity index is 3180. The lowest BCUT2D eigenvalue weighted by Gasteiger charge is -2.12. The van der Waals surface area contributed by atoms with Gasteiger partial charge in [0, 0.05) is 38.4 Å². The van der Waals surface area contributed by atoms with E-state index in [9.17, 15) is 0 Å². The molecule has 0 atom stereocenters. The normalized spacial score (nSPS) is 11.6. The molecule has 3 heterocycles. The molecule has 0 fully saturated rings. The van der Waals surface area contributed by atoms with Crippen LogP contribution in [0.1, 0.15) is 0 Å². The minimum absolute atomic E-state index is 0.581. The van der Waals surface area contributed by atoms with Crippen LogP contribution in [0.2, 0.25) is 0 Å². The van der Waals surface area contributed by atoms with Crippen LogP contribution in [0.4, 0.5) is 0 Å². The topological polar surface area (TPSA) is 48.5 Å². The first kappa shape index (κ1) is 31.9. The second-order valence-electron chi connectivity index (χ2n) is 14.1. The highest BCUT2D eigenvalue weighted by molar-refractivity contribution is 6.28. The van der Waals surface area contributed by atoms with Crippen molar-refractivity contribution in [1.82, 2.24) is 24.1 Å². The van der Waals surface area contributed by atoms with Crippen molar-refractivity contribution in [3.05, 3.63) is 200 Å². The van der Waals surface area contributed by atoms with Gasteiger partial charge in [-0.05, 0) is 64.7 Å². The monoisotopic (exact) mass is 715 g/mol. The fraction of sp³-hybridized carbons (Fsp3) is 0. The Morgan fingerprint density at radius 3 is 1.30 bits per heavy atom. The maximum Gasteiger partial charge on any atom is 0.238 e. The summed E-state index contributed by atoms with van der Waals surface area (Å²) in [5.41, 5.74) is 12.1. The van der Waals surface area contributed by atoms with Crippen molar-refractivity contribution in [2.24, 2.45) is 0 Å². The van der Waals surface area contributed by atoms with E-state index in [0.29, 0.717) is 17.6 Å². The molecule has 3 aromatic heterocycles. The number of para-hydroxylation sites is 2. The standard InChI is InChI=1S/C51H33N5/c1-4-16-34(17-5-1)37-22-14-23-38(32-37)39-24-15-25-40(33-39)55-43-28-12-10-26-41(43)47-45(55)30-31-46-48(47)42-27-11-13-29-44(42)56(46)51-53-49(35-18-6-2-7-19-35)52-50(54-51)36-20-8-3-9-21-36/h1-33H. The molecule has 0 unspecified atom stereocenters. The maximum atomic E-state index is 5.17. The van der Waals surface area contributed by atoms with Crippen LogP contribution in [-0.4, -0.2) is 24.1 Å². The molecular formula is C51H33N5. The van der Waals surface area contributed by atoms with Crippen LogP contribution in [0.5, 0.6) is 0 Å². The zero-order chi connectivity index (χ0) is 37.0. The third-order valence-corrected chi connectivity index (χ3v) is 10.8. The van der Waals surface area contributed by atoms with Gasteiger partial charge in [-0.1, -0.05) is 158 Å². The molecule has 0 saturated carbocycles. The molecule has 0 amide bonds. The van der Waals surface area contributed by atoms with Gasteiger partial charge in [-0.25, -0.2) is 4.98 Å². The lowest BCUT2D eigenvalue weighted by molar-refractivity contribution is 0.953. The number of rotatable bonds is 6. The fourth-order valence-electron chi connectivity index (χ4n) is 8.24. The summed E-state index contributed by atoms with van der Waals surface area (Å²) >= 11 is 0. The van der Waals surface area contributed by atoms with Crippen molar-refractivity contribution in [1.29, 1.82) is 0 Å². The number of nitrogens with zero attached hydrogens (tertiary/aromatic N) is 5. The Kier molecular flexibility index (Phi) is 7.42. The Hall–Kier alpha value is -7.63. The highest BCUT2D eigenvalue weighted by Gasteiger charge is 2.22. The smallest absolute Gasteiger partial charge is 0.238 e. The van der Waals surface area contributed by atoms with E-state index in [1.54, 1.807) is 0 Å². The van der Waals surface area contributed by atoms with Gasteiger partial charge in [0.15, 0.2) is 11.6 Å². The Balaban J connectivity index is 1.15. The van der Waals surface area contributed by atoms with E-state index in [2.05, 4.69) is 149 Å². The molecule has 0 radical (unpaired) electrons. The van der Waals surface area contributed by atoms with Gasteiger partial charge in [-0.3, -0.25) is 4.57 Å². The Labute approximate surface area is 323 Å². The number of hydrogen-bond donors (Lipinski definition) is 0. The predicted molar refractivity (Wildman–Crippen MR) is 230 cm³/mol. The molecule has 262 valence electrons. The molecule has 8 aromatic carbocycles. The van der Waals surface area contributed by atoms with Crippen LogP contribution in [0.25, 0.3) is 100 Å². The summed E-state index contributed by atoms with van der Waals surface area (Å²) in [7, 11) is 0. The quantitative estimate of drug-likeness (QED) is 0.172. The lowest BCUT2D eigenvalue weighted by Crippen LogP contribution is -2.06. The van der Waals surface area contributed by atoms with Gasteiger partial charge in [0.25, 0.3) is 0 Å². The average molecular weight is 716 g/mol. The molecule has 56 heavy (non-hydrogen) atoms. The predicted octanol–water partition coefficient (Wildman–Crippen LogP) is 12.7. The second kappa shape index (κ2) is 13.0. The molecule has 0 bridgehead atoms. The summed E-state index contributed by atoms with van der Waals surface area (Å²) in [5, 5.41) is 4.70. The molecule has 0 aliphatic carbocycles. The van der Waals surface area contributed by atoms with Crippen LogP contribution in [0.3, 0.4) is 0 Å². The van der Waals surface area contributed by atoms with E-state index < -0.39 is 0 Å². The Morgan fingerprint density at radius 1 is 0.286 bits per heavy atom. The number of aromatic nitrogens is 5. The van der Waals surface area contributed by atoms with Gasteiger partial charge in [-0.15, -0.1) is 0 Å². The summed E-state index contributed by atoms with van der Waals surface area (Å²) in [4.78, 5) is 15.3. The van der Waals surface area contributed by atoms with Crippen LogP contribution < -0.4 is 0 Å². The van der Waals surface area contributed by atoms with Gasteiger partial charge < -0.3 is 4.57 Å². The molecule has 0 spiro atoms. The van der Waals surface area contributed by atoms with Crippen LogP contribution >= 0.6 is 0 Å². The Morgan fingerprint density at radius 2 is 0.714 bits per heavy atom. The molecule has 5 nitrogen and oxygen atoms in total. The van der Waals surface area contributed by atoms with E-state index in [0.717, 1.165) is 44.3 Å². The zero-order valence-corrected chi connectivity index (χ0v) is 30.3. The van der Waals surface area contributed by atoms with Crippen molar-refractivity contribution >= 4 is 43.6 Å². The highest BCUT2D eigenvalue weighted by Crippen LogP contribution is 2.42. The summed E-state index contributed by atoms with van der Waals surface area (Å²) in [5.74, 6) is 1.84. The van der Waals surface area contributed by atoms with E-state index in [-0.39, 0.29) is 0 Å². The molecule has 0 N–H and O–H groups in total. The van der Waals surface area contributed by atoms with Gasteiger partial charge in [0.1, 0.15) is 0 Å². The van der Waals surface area contributed by atoms with E-state index in [1.807, 2.05) is 60.7 Å². The zero-order valence-electron chi connectivity index (χ0n) is 30.3. The van der Waals surface area contributed by atoms with Gasteiger partial charge in [-0.2, -0.15) is 9.97 Å². The average Bonchev–Trinajstić information content (AvgIpc) is 3.80. The molecule has 11 rings (SSSR count). The highest BCUT2D eigenvalue weighted by atomic mass is 15.2. The molecule has 0 saturated heterocycles. The van der Waals surface area contributed by atoms with Gasteiger partial charge >= 0.3 is 0 Å². The molecule has 11 aromatic rings. The molecule has 0 aliphatic heterocycles. The third-order valence-electron chi connectivity index (χ3n) is 10.8. The number of hydrogen-bond acceptors (Lipinski definition) is 3. The van der Waals surface area contributed by atoms with Gasteiger partial charge in [0.2, 0.25) is 5.95 Å². The fourth-order valence-corrected chi connectivity index (χ4v) is 8.24. The SMILES string of the molecule is c1ccc(-c2cccc(-c3cccc(-n4c5ccccc5c5c6c7ccccc7n(-c7nc(-c8ccccc8)nc(-c8ccccc8)n7)c6ccc54)c3)c2)cc1. The summed E-state index contributed by atoms with van der Waals surface area (Å²) in [6, 6.07) is 70.4. The lowest BCUT2D eigenvalue weighted by atomic mass is 9.99. The third kappa shape index (κ3) is 5.21. The summed E-state index contributed by atoms with van der Waals surface area (Å²) in [6.07, 6.45) is 0. The first-order chi connectivity index (χ1) is 27.8. The van der Waals surface area contributed by atoms with Crippen LogP contribution in [0.15, 0.2) is 200 Å². The summed E-state index contributed by atoms with van der Waals surface area (Å²) in [6.45, 7) is 0. The first-order valence-corrected chi connectivity index (χ1v) is 18.9. The first-order valence-electron chi connectivity index (χ1n) is 18.9. The number of fused-ring (bicyclic) bond motifs is 7. The minimum atomic E-state index is 0.581. The van der Waals surface area contributed by atoms with Crippen LogP contribution in [0, 0.1) is 0 Å². The maximum absolute atomic E-state index is 5.17. The van der Waals surface area contributed by atoms with Crippen molar-refractivity contribution in [3.8, 4) is 56.7 Å². The van der Waals surface area contributed by atoms with E-state index in [4.69, 9.17) is 15.0 Å². The van der Waals surface area contributed by atoms with E-state index >= 15 is 0 Å². The minimum Gasteiger partial charge on any atom is -0.309 e. The van der Waals surface area contributed by atoms with E-state index in [1.165, 1.54) is 38.4 Å². The molecular weight excluding hydrogens is 683 g/mol. The molecule has 0 aliphatic rings. The van der Waals surface area contributed by atoms with Crippen molar-refractivity contribution in [3.63, 3.8) is 0 Å². The van der Waals surface area contributed by atoms with Crippen LogP contribution in [-0.2, 0) is 0 Å². The van der Waals surface area contributed by atoms with Gasteiger partial charge in [0.05, 0.1) is 22.1 Å².